The number of rotatable bonds is 5. The molecule has 0 saturated heterocycles. The van der Waals surface area contributed by atoms with Crippen LogP contribution in [0.3, 0.4) is 0 Å². The number of benzene rings is 2. The minimum absolute atomic E-state index is 0.223. The van der Waals surface area contributed by atoms with E-state index in [1.54, 1.807) is 0 Å². The first-order chi connectivity index (χ1) is 9.22. The number of amidine groups is 1. The van der Waals surface area contributed by atoms with E-state index in [1.807, 2.05) is 30.3 Å². The molecular weight excluding hydrogens is 308 g/mol. The van der Waals surface area contributed by atoms with E-state index in [-0.39, 0.29) is 5.84 Å². The summed E-state index contributed by atoms with van der Waals surface area (Å²) in [5.41, 5.74) is 5.39. The Bertz CT molecular complexity index is 599. The predicted molar refractivity (Wildman–Crippen MR) is 79.8 cm³/mol. The molecule has 0 aliphatic rings. The zero-order valence-corrected chi connectivity index (χ0v) is 11.9. The lowest BCUT2D eigenvalue weighted by Crippen LogP contribution is -2.12. The molecule has 0 aliphatic carbocycles. The van der Waals surface area contributed by atoms with E-state index < -0.39 is 0 Å². The molecule has 0 radical (unpaired) electrons. The van der Waals surface area contributed by atoms with Crippen molar-refractivity contribution in [3.8, 4) is 5.75 Å². The standard InChI is InChI=1S/C14H15BrN2O2/c15-14-11-5-2-1-4-10(11)7-8-12(14)19-9-3-6-13(16)17-18/h1-2,4-5,7-8,18H,3,6,9H2,(H2,16,17). The molecule has 0 aliphatic heterocycles. The number of hydrogen-bond donors (Lipinski definition) is 2. The minimum Gasteiger partial charge on any atom is -0.492 e. The first-order valence-corrected chi connectivity index (χ1v) is 6.78. The first kappa shape index (κ1) is 13.7. The Balaban J connectivity index is 2.03. The third kappa shape index (κ3) is 3.38. The Labute approximate surface area is 120 Å². The molecule has 0 amide bonds. The van der Waals surface area contributed by atoms with Gasteiger partial charge in [-0.25, -0.2) is 0 Å². The summed E-state index contributed by atoms with van der Waals surface area (Å²) in [6.07, 6.45) is 1.22. The molecule has 5 heteroatoms. The highest BCUT2D eigenvalue weighted by Crippen LogP contribution is 2.33. The van der Waals surface area contributed by atoms with Gasteiger partial charge in [-0.05, 0) is 39.2 Å². The predicted octanol–water partition coefficient (Wildman–Crippen LogP) is 3.51. The largest absolute Gasteiger partial charge is 0.492 e. The monoisotopic (exact) mass is 322 g/mol. The summed E-state index contributed by atoms with van der Waals surface area (Å²) >= 11 is 3.56. The third-order valence-corrected chi connectivity index (χ3v) is 3.61. The van der Waals surface area contributed by atoms with E-state index in [1.165, 1.54) is 5.39 Å². The summed E-state index contributed by atoms with van der Waals surface area (Å²) in [6.45, 7) is 0.521. The summed E-state index contributed by atoms with van der Waals surface area (Å²) in [4.78, 5) is 0. The van der Waals surface area contributed by atoms with Gasteiger partial charge in [-0.2, -0.15) is 0 Å². The van der Waals surface area contributed by atoms with Gasteiger partial charge in [-0.15, -0.1) is 0 Å². The van der Waals surface area contributed by atoms with Crippen molar-refractivity contribution in [2.45, 2.75) is 12.8 Å². The van der Waals surface area contributed by atoms with Crippen LogP contribution >= 0.6 is 15.9 Å². The van der Waals surface area contributed by atoms with Crippen LogP contribution in [0.4, 0.5) is 0 Å². The zero-order chi connectivity index (χ0) is 13.7. The van der Waals surface area contributed by atoms with Crippen LogP contribution in [0.15, 0.2) is 46.0 Å². The third-order valence-electron chi connectivity index (χ3n) is 2.79. The number of halogens is 1. The second-order valence-electron chi connectivity index (χ2n) is 4.14. The number of hydrogen-bond acceptors (Lipinski definition) is 3. The highest BCUT2D eigenvalue weighted by molar-refractivity contribution is 9.10. The average molecular weight is 323 g/mol. The molecule has 19 heavy (non-hydrogen) atoms. The zero-order valence-electron chi connectivity index (χ0n) is 10.3. The van der Waals surface area contributed by atoms with Crippen LogP contribution in [-0.4, -0.2) is 17.6 Å². The highest BCUT2D eigenvalue weighted by Gasteiger charge is 2.05. The van der Waals surface area contributed by atoms with Gasteiger partial charge in [-0.1, -0.05) is 35.5 Å². The van der Waals surface area contributed by atoms with Gasteiger partial charge in [0.1, 0.15) is 11.6 Å². The van der Waals surface area contributed by atoms with Gasteiger partial charge in [0.2, 0.25) is 0 Å². The number of ether oxygens (including phenoxy) is 1. The lowest BCUT2D eigenvalue weighted by molar-refractivity contribution is 0.304. The molecule has 0 bridgehead atoms. The molecule has 2 rings (SSSR count). The van der Waals surface area contributed by atoms with Gasteiger partial charge in [0, 0.05) is 6.42 Å². The van der Waals surface area contributed by atoms with Crippen molar-refractivity contribution in [3.63, 3.8) is 0 Å². The van der Waals surface area contributed by atoms with Crippen molar-refractivity contribution in [2.24, 2.45) is 10.9 Å². The van der Waals surface area contributed by atoms with Gasteiger partial charge >= 0.3 is 0 Å². The molecule has 0 saturated carbocycles. The molecule has 2 aromatic rings. The molecule has 0 aromatic heterocycles. The van der Waals surface area contributed by atoms with Crippen LogP contribution in [0, 0.1) is 0 Å². The summed E-state index contributed by atoms with van der Waals surface area (Å²) in [5.74, 6) is 1.03. The smallest absolute Gasteiger partial charge is 0.139 e. The molecule has 2 aromatic carbocycles. The van der Waals surface area contributed by atoms with Crippen molar-refractivity contribution in [1.82, 2.24) is 0 Å². The summed E-state index contributed by atoms with van der Waals surface area (Å²) in [5, 5.41) is 13.6. The molecular formula is C14H15BrN2O2. The second-order valence-corrected chi connectivity index (χ2v) is 4.94. The Kier molecular flexibility index (Phi) is 4.63. The molecule has 0 atom stereocenters. The quantitative estimate of drug-likeness (QED) is 0.291. The summed E-state index contributed by atoms with van der Waals surface area (Å²) < 4.78 is 6.65. The normalized spacial score (nSPS) is 11.7. The SMILES string of the molecule is N/C(CCCOc1ccc2ccccc2c1Br)=N\O. The van der Waals surface area contributed by atoms with Gasteiger partial charge in [-0.3, -0.25) is 0 Å². The Morgan fingerprint density at radius 2 is 2.05 bits per heavy atom. The van der Waals surface area contributed by atoms with Gasteiger partial charge < -0.3 is 15.7 Å². The lowest BCUT2D eigenvalue weighted by atomic mass is 10.1. The number of nitrogens with two attached hydrogens (primary N) is 1. The topological polar surface area (TPSA) is 67.8 Å². The molecule has 4 nitrogen and oxygen atoms in total. The maximum Gasteiger partial charge on any atom is 0.139 e. The van der Waals surface area contributed by atoms with E-state index in [2.05, 4.69) is 27.2 Å². The molecule has 0 unspecified atom stereocenters. The van der Waals surface area contributed by atoms with E-state index in [9.17, 15) is 0 Å². The van der Waals surface area contributed by atoms with Crippen LogP contribution in [0.1, 0.15) is 12.8 Å². The van der Waals surface area contributed by atoms with Crippen molar-refractivity contribution in [1.29, 1.82) is 0 Å². The lowest BCUT2D eigenvalue weighted by Gasteiger charge is -2.10. The van der Waals surface area contributed by atoms with E-state index >= 15 is 0 Å². The van der Waals surface area contributed by atoms with Crippen molar-refractivity contribution in [3.05, 3.63) is 40.9 Å². The van der Waals surface area contributed by atoms with E-state index in [0.29, 0.717) is 19.4 Å². The maximum absolute atomic E-state index is 8.43. The molecule has 3 N–H and O–H groups in total. The maximum atomic E-state index is 8.43. The molecule has 0 heterocycles. The van der Waals surface area contributed by atoms with Crippen LogP contribution in [0.5, 0.6) is 5.75 Å². The Hall–Kier alpha value is -1.75. The number of nitrogens with zero attached hydrogens (tertiary/aromatic N) is 1. The van der Waals surface area contributed by atoms with E-state index in [4.69, 9.17) is 15.7 Å². The summed E-state index contributed by atoms with van der Waals surface area (Å²) in [7, 11) is 0. The fourth-order valence-electron chi connectivity index (χ4n) is 1.81. The van der Waals surface area contributed by atoms with Crippen LogP contribution in [0.25, 0.3) is 10.8 Å². The number of oxime groups is 1. The Morgan fingerprint density at radius 1 is 1.26 bits per heavy atom. The molecule has 100 valence electrons. The number of fused-ring (bicyclic) bond motifs is 1. The van der Waals surface area contributed by atoms with Crippen molar-refractivity contribution in [2.75, 3.05) is 6.61 Å². The fraction of sp³-hybridized carbons (Fsp3) is 0.214. The fourth-order valence-corrected chi connectivity index (χ4v) is 2.42. The van der Waals surface area contributed by atoms with Gasteiger partial charge in [0.15, 0.2) is 0 Å². The van der Waals surface area contributed by atoms with Crippen LogP contribution in [0.2, 0.25) is 0 Å². The van der Waals surface area contributed by atoms with Gasteiger partial charge in [0.25, 0.3) is 0 Å². The van der Waals surface area contributed by atoms with Gasteiger partial charge in [0.05, 0.1) is 11.1 Å². The highest BCUT2D eigenvalue weighted by atomic mass is 79.9. The first-order valence-electron chi connectivity index (χ1n) is 5.99. The second kappa shape index (κ2) is 6.43. The van der Waals surface area contributed by atoms with E-state index in [0.717, 1.165) is 15.6 Å². The molecule has 0 spiro atoms. The van der Waals surface area contributed by atoms with Crippen molar-refractivity contribution >= 4 is 32.5 Å². The average Bonchev–Trinajstić information content (AvgIpc) is 2.45. The Morgan fingerprint density at radius 3 is 2.84 bits per heavy atom. The van der Waals surface area contributed by atoms with Crippen molar-refractivity contribution < 1.29 is 9.94 Å². The van der Waals surface area contributed by atoms with Crippen LogP contribution in [-0.2, 0) is 0 Å². The molecule has 0 fully saturated rings. The van der Waals surface area contributed by atoms with Crippen LogP contribution < -0.4 is 10.5 Å². The summed E-state index contributed by atoms with van der Waals surface area (Å²) in [6, 6.07) is 12.1. The minimum atomic E-state index is 0.223.